The molecule has 5 aromatic rings. The van der Waals surface area contributed by atoms with E-state index >= 15 is 0 Å². The number of nitrogens with zero attached hydrogens (tertiary/aromatic N) is 4. The SMILES string of the molecule is CN(C)c1cccc2c(S(=O)(=O)NCCCCCCNc3nc(NCCC(c4ccccc4)c4ccccc4)nc(NC4CCCCC4)n3)cccc12. The Kier molecular flexibility index (Phi) is 13.5. The molecule has 1 aromatic heterocycles. The van der Waals surface area contributed by atoms with Crippen LogP contribution in [0.1, 0.15) is 81.3 Å². The average Bonchev–Trinajstić information content (AvgIpc) is 3.18. The van der Waals surface area contributed by atoms with Gasteiger partial charge in [0.15, 0.2) is 0 Å². The highest BCUT2D eigenvalue weighted by molar-refractivity contribution is 7.89. The highest BCUT2D eigenvalue weighted by Gasteiger charge is 2.19. The Labute approximate surface area is 315 Å². The molecule has 280 valence electrons. The first-order valence-corrected chi connectivity index (χ1v) is 20.6. The molecule has 1 heterocycles. The van der Waals surface area contributed by atoms with Crippen LogP contribution < -0.4 is 25.6 Å². The fraction of sp³-hybridized carbons (Fsp3) is 0.405. The van der Waals surface area contributed by atoms with Gasteiger partial charge in [-0.05, 0) is 55.4 Å². The van der Waals surface area contributed by atoms with Gasteiger partial charge in [-0.2, -0.15) is 15.0 Å². The van der Waals surface area contributed by atoms with Gasteiger partial charge in [0, 0.05) is 62.1 Å². The second-order valence-corrected chi connectivity index (χ2v) is 15.9. The maximum Gasteiger partial charge on any atom is 0.241 e. The fourth-order valence-electron chi connectivity index (χ4n) is 7.23. The predicted molar refractivity (Wildman–Crippen MR) is 219 cm³/mol. The molecule has 0 unspecified atom stereocenters. The molecule has 1 aliphatic rings. The average molecular weight is 735 g/mol. The zero-order chi connectivity index (χ0) is 36.9. The number of nitrogens with one attached hydrogen (secondary N) is 4. The molecule has 0 atom stereocenters. The van der Waals surface area contributed by atoms with Gasteiger partial charge in [0.05, 0.1) is 4.90 Å². The molecule has 0 saturated heterocycles. The second-order valence-electron chi connectivity index (χ2n) is 14.1. The molecule has 11 heteroatoms. The molecule has 0 radical (unpaired) electrons. The molecule has 53 heavy (non-hydrogen) atoms. The Morgan fingerprint density at radius 1 is 0.642 bits per heavy atom. The molecule has 1 saturated carbocycles. The summed E-state index contributed by atoms with van der Waals surface area (Å²) >= 11 is 0. The van der Waals surface area contributed by atoms with Gasteiger partial charge >= 0.3 is 0 Å². The van der Waals surface area contributed by atoms with Crippen molar-refractivity contribution in [1.29, 1.82) is 0 Å². The quantitative estimate of drug-likeness (QED) is 0.0619. The van der Waals surface area contributed by atoms with Crippen LogP contribution in [0.5, 0.6) is 0 Å². The van der Waals surface area contributed by atoms with Crippen LogP contribution in [-0.4, -0.2) is 63.1 Å². The molecule has 0 aliphatic heterocycles. The molecule has 0 spiro atoms. The van der Waals surface area contributed by atoms with E-state index in [1.54, 1.807) is 6.07 Å². The third-order valence-electron chi connectivity index (χ3n) is 10.0. The molecule has 0 amide bonds. The summed E-state index contributed by atoms with van der Waals surface area (Å²) in [5.41, 5.74) is 3.57. The van der Waals surface area contributed by atoms with Gasteiger partial charge < -0.3 is 20.9 Å². The zero-order valence-electron chi connectivity index (χ0n) is 31.1. The van der Waals surface area contributed by atoms with E-state index in [9.17, 15) is 8.42 Å². The third-order valence-corrected chi connectivity index (χ3v) is 11.5. The van der Waals surface area contributed by atoms with Gasteiger partial charge in [0.1, 0.15) is 0 Å². The lowest BCUT2D eigenvalue weighted by molar-refractivity contribution is 0.461. The van der Waals surface area contributed by atoms with Crippen LogP contribution in [0.2, 0.25) is 0 Å². The topological polar surface area (TPSA) is 124 Å². The first kappa shape index (κ1) is 38.0. The van der Waals surface area contributed by atoms with Crippen LogP contribution >= 0.6 is 0 Å². The number of sulfonamides is 1. The number of anilines is 4. The van der Waals surface area contributed by atoms with Crippen LogP contribution in [0.15, 0.2) is 102 Å². The van der Waals surface area contributed by atoms with Gasteiger partial charge in [0.2, 0.25) is 27.9 Å². The Morgan fingerprint density at radius 2 is 1.23 bits per heavy atom. The number of hydrogen-bond acceptors (Lipinski definition) is 9. The minimum Gasteiger partial charge on any atom is -0.377 e. The summed E-state index contributed by atoms with van der Waals surface area (Å²) in [7, 11) is 0.290. The molecule has 1 fully saturated rings. The fourth-order valence-corrected chi connectivity index (χ4v) is 8.52. The van der Waals surface area contributed by atoms with Gasteiger partial charge in [0.25, 0.3) is 0 Å². The van der Waals surface area contributed by atoms with E-state index in [0.717, 1.165) is 61.4 Å². The summed E-state index contributed by atoms with van der Waals surface area (Å²) in [5, 5.41) is 12.2. The molecular weight excluding hydrogens is 681 g/mol. The standard InChI is InChI=1S/C42H54N8O2S/c1-50(2)38-26-16-25-37-36(38)24-17-27-39(37)53(51,52)45-30-15-4-3-14-29-43-40-47-41(49-42(48-40)46-34-22-12-7-13-23-34)44-31-28-35(32-18-8-5-9-19-32)33-20-10-6-11-21-33/h5-6,8-11,16-21,24-27,34-35,45H,3-4,7,12-15,22-23,28-31H2,1-2H3,(H3,43,44,46,47,48,49). The molecule has 10 nitrogen and oxygen atoms in total. The zero-order valence-corrected chi connectivity index (χ0v) is 31.9. The third kappa shape index (κ3) is 10.7. The van der Waals surface area contributed by atoms with Crippen LogP contribution in [-0.2, 0) is 10.0 Å². The Balaban J connectivity index is 0.999. The van der Waals surface area contributed by atoms with E-state index in [0.29, 0.717) is 48.4 Å². The molecule has 6 rings (SSSR count). The summed E-state index contributed by atoms with van der Waals surface area (Å²) < 4.78 is 29.4. The Hall–Kier alpha value is -4.74. The largest absolute Gasteiger partial charge is 0.377 e. The summed E-state index contributed by atoms with van der Waals surface area (Å²) in [6.45, 7) is 1.82. The van der Waals surface area contributed by atoms with Gasteiger partial charge in [-0.3, -0.25) is 0 Å². The van der Waals surface area contributed by atoms with Crippen LogP contribution in [0.25, 0.3) is 10.8 Å². The van der Waals surface area contributed by atoms with Gasteiger partial charge in [-0.1, -0.05) is 117 Å². The number of rotatable bonds is 19. The number of unbranched alkanes of at least 4 members (excludes halogenated alkanes) is 3. The van der Waals surface area contributed by atoms with Crippen LogP contribution in [0, 0.1) is 0 Å². The van der Waals surface area contributed by atoms with Crippen LogP contribution in [0.3, 0.4) is 0 Å². The normalized spacial score (nSPS) is 13.6. The van der Waals surface area contributed by atoms with E-state index in [4.69, 9.17) is 15.0 Å². The second kappa shape index (κ2) is 18.8. The van der Waals surface area contributed by atoms with Crippen molar-refractivity contribution in [3.63, 3.8) is 0 Å². The molecule has 4 N–H and O–H groups in total. The minimum absolute atomic E-state index is 0.258. The number of benzene rings is 4. The van der Waals surface area contributed by atoms with E-state index in [-0.39, 0.29) is 5.92 Å². The maximum atomic E-state index is 13.3. The first-order valence-electron chi connectivity index (χ1n) is 19.2. The van der Waals surface area contributed by atoms with Crippen molar-refractivity contribution in [2.75, 3.05) is 54.6 Å². The summed E-state index contributed by atoms with van der Waals surface area (Å²) in [4.78, 5) is 16.6. The smallest absolute Gasteiger partial charge is 0.241 e. The monoisotopic (exact) mass is 734 g/mol. The molecule has 4 aromatic carbocycles. The van der Waals surface area contributed by atoms with E-state index in [1.165, 1.54) is 30.4 Å². The Morgan fingerprint density at radius 3 is 1.89 bits per heavy atom. The summed E-state index contributed by atoms with van der Waals surface area (Å²) in [5.74, 6) is 1.99. The van der Waals surface area contributed by atoms with E-state index in [2.05, 4.69) is 81.3 Å². The van der Waals surface area contributed by atoms with Crippen molar-refractivity contribution in [3.8, 4) is 0 Å². The lowest BCUT2D eigenvalue weighted by Gasteiger charge is -2.23. The Bertz CT molecular complexity index is 1950. The van der Waals surface area contributed by atoms with Crippen molar-refractivity contribution in [2.45, 2.75) is 81.1 Å². The van der Waals surface area contributed by atoms with Crippen molar-refractivity contribution < 1.29 is 8.42 Å². The van der Waals surface area contributed by atoms with Crippen molar-refractivity contribution in [1.82, 2.24) is 19.7 Å². The highest BCUT2D eigenvalue weighted by atomic mass is 32.2. The molecule has 0 bridgehead atoms. The minimum atomic E-state index is -3.64. The van der Waals surface area contributed by atoms with Crippen molar-refractivity contribution in [3.05, 3.63) is 108 Å². The van der Waals surface area contributed by atoms with Crippen molar-refractivity contribution >= 4 is 44.3 Å². The number of aromatic nitrogens is 3. The molecular formula is C42H54N8O2S. The summed E-state index contributed by atoms with van der Waals surface area (Å²) in [6, 6.07) is 32.9. The lowest BCUT2D eigenvalue weighted by Crippen LogP contribution is -2.25. The van der Waals surface area contributed by atoms with E-state index in [1.807, 2.05) is 49.3 Å². The number of hydrogen-bond donors (Lipinski definition) is 4. The highest BCUT2D eigenvalue weighted by Crippen LogP contribution is 2.31. The molecule has 1 aliphatic carbocycles. The van der Waals surface area contributed by atoms with Crippen LogP contribution in [0.4, 0.5) is 23.5 Å². The number of fused-ring (bicyclic) bond motifs is 1. The van der Waals surface area contributed by atoms with Crippen molar-refractivity contribution in [2.24, 2.45) is 0 Å². The van der Waals surface area contributed by atoms with E-state index < -0.39 is 10.0 Å². The van der Waals surface area contributed by atoms with Gasteiger partial charge in [-0.15, -0.1) is 0 Å². The maximum absolute atomic E-state index is 13.3. The van der Waals surface area contributed by atoms with Gasteiger partial charge in [-0.25, -0.2) is 13.1 Å². The lowest BCUT2D eigenvalue weighted by atomic mass is 9.88. The summed E-state index contributed by atoms with van der Waals surface area (Å²) in [6.07, 6.45) is 10.4. The first-order chi connectivity index (χ1) is 25.9. The predicted octanol–water partition coefficient (Wildman–Crippen LogP) is 8.42.